The predicted molar refractivity (Wildman–Crippen MR) is 81.2 cm³/mol. The van der Waals surface area contributed by atoms with Gasteiger partial charge in [-0.2, -0.15) is 0 Å². The van der Waals surface area contributed by atoms with E-state index in [9.17, 15) is 4.79 Å². The standard InChI is InChI=1S/C17H21NO3/c1-5-20-17(19)15-14(10-11(2)3)18-16(21-15)13-9-7-6-8-12(13)4/h6-9,11H,5,10H2,1-4H3. The van der Waals surface area contributed by atoms with Gasteiger partial charge in [-0.3, -0.25) is 0 Å². The van der Waals surface area contributed by atoms with Crippen molar-refractivity contribution >= 4 is 5.97 Å². The fraction of sp³-hybridized carbons (Fsp3) is 0.412. The molecule has 0 unspecified atom stereocenters. The number of aromatic nitrogens is 1. The van der Waals surface area contributed by atoms with Gasteiger partial charge in [-0.1, -0.05) is 32.0 Å². The normalized spacial score (nSPS) is 10.9. The molecule has 0 aliphatic heterocycles. The second-order valence-electron chi connectivity index (χ2n) is 5.43. The molecule has 2 rings (SSSR count). The van der Waals surface area contributed by atoms with E-state index in [0.29, 0.717) is 30.5 Å². The maximum atomic E-state index is 12.0. The van der Waals surface area contributed by atoms with Crippen LogP contribution in [0, 0.1) is 12.8 Å². The molecule has 1 heterocycles. The van der Waals surface area contributed by atoms with Crippen LogP contribution < -0.4 is 0 Å². The van der Waals surface area contributed by atoms with Crippen molar-refractivity contribution in [1.82, 2.24) is 4.98 Å². The lowest BCUT2D eigenvalue weighted by Crippen LogP contribution is -2.08. The van der Waals surface area contributed by atoms with E-state index in [1.165, 1.54) is 0 Å². The first-order chi connectivity index (χ1) is 10.0. The molecule has 0 radical (unpaired) electrons. The van der Waals surface area contributed by atoms with Crippen LogP contribution in [-0.2, 0) is 11.2 Å². The van der Waals surface area contributed by atoms with Gasteiger partial charge in [0.2, 0.25) is 11.7 Å². The molecule has 4 nitrogen and oxygen atoms in total. The highest BCUT2D eigenvalue weighted by Crippen LogP contribution is 2.26. The molecule has 0 saturated heterocycles. The highest BCUT2D eigenvalue weighted by molar-refractivity contribution is 5.88. The fourth-order valence-corrected chi connectivity index (χ4v) is 2.16. The second-order valence-corrected chi connectivity index (χ2v) is 5.43. The quantitative estimate of drug-likeness (QED) is 0.779. The molecule has 2 aromatic rings. The van der Waals surface area contributed by atoms with Gasteiger partial charge in [0.15, 0.2) is 0 Å². The van der Waals surface area contributed by atoms with Crippen LogP contribution in [0.2, 0.25) is 0 Å². The number of carbonyl (C=O) groups is 1. The molecule has 1 aromatic heterocycles. The lowest BCUT2D eigenvalue weighted by atomic mass is 10.1. The number of hydrogen-bond donors (Lipinski definition) is 0. The zero-order valence-electron chi connectivity index (χ0n) is 13.0. The van der Waals surface area contributed by atoms with Crippen LogP contribution in [0.15, 0.2) is 28.7 Å². The first kappa shape index (κ1) is 15.3. The molecule has 0 aliphatic rings. The maximum absolute atomic E-state index is 12.0. The van der Waals surface area contributed by atoms with Crippen LogP contribution in [0.5, 0.6) is 0 Å². The van der Waals surface area contributed by atoms with Crippen LogP contribution in [0.1, 0.15) is 42.6 Å². The SMILES string of the molecule is CCOC(=O)c1oc(-c2ccccc2C)nc1CC(C)C. The minimum atomic E-state index is -0.444. The van der Waals surface area contributed by atoms with Crippen LogP contribution in [0.25, 0.3) is 11.5 Å². The Labute approximate surface area is 125 Å². The summed E-state index contributed by atoms with van der Waals surface area (Å²) in [5.74, 6) is 0.643. The highest BCUT2D eigenvalue weighted by atomic mass is 16.5. The van der Waals surface area contributed by atoms with Gasteiger partial charge < -0.3 is 9.15 Å². The van der Waals surface area contributed by atoms with E-state index < -0.39 is 5.97 Å². The second kappa shape index (κ2) is 6.57. The summed E-state index contributed by atoms with van der Waals surface area (Å²) in [6, 6.07) is 7.82. The first-order valence-electron chi connectivity index (χ1n) is 7.25. The Morgan fingerprint density at radius 3 is 2.67 bits per heavy atom. The maximum Gasteiger partial charge on any atom is 0.376 e. The summed E-state index contributed by atoms with van der Waals surface area (Å²) in [6.45, 7) is 8.25. The molecule has 4 heteroatoms. The molecule has 0 aliphatic carbocycles. The van der Waals surface area contributed by atoms with Crippen molar-refractivity contribution in [2.24, 2.45) is 5.92 Å². The van der Waals surface area contributed by atoms with E-state index >= 15 is 0 Å². The number of nitrogens with zero attached hydrogens (tertiary/aromatic N) is 1. The third-order valence-electron chi connectivity index (χ3n) is 3.14. The Kier molecular flexibility index (Phi) is 4.78. The Bertz CT molecular complexity index is 629. The zero-order chi connectivity index (χ0) is 15.4. The molecule has 0 amide bonds. The summed E-state index contributed by atoms with van der Waals surface area (Å²) in [5.41, 5.74) is 2.63. The van der Waals surface area contributed by atoms with Gasteiger partial charge in [-0.15, -0.1) is 0 Å². The summed E-state index contributed by atoms with van der Waals surface area (Å²) in [5, 5.41) is 0. The Balaban J connectivity index is 2.45. The van der Waals surface area contributed by atoms with E-state index in [1.807, 2.05) is 31.2 Å². The molecule has 112 valence electrons. The van der Waals surface area contributed by atoms with Crippen LogP contribution in [0.4, 0.5) is 0 Å². The Morgan fingerprint density at radius 2 is 2.05 bits per heavy atom. The Morgan fingerprint density at radius 1 is 1.33 bits per heavy atom. The lowest BCUT2D eigenvalue weighted by Gasteiger charge is -2.02. The van der Waals surface area contributed by atoms with E-state index in [4.69, 9.17) is 9.15 Å². The van der Waals surface area contributed by atoms with Crippen LogP contribution >= 0.6 is 0 Å². The summed E-state index contributed by atoms with van der Waals surface area (Å²) in [4.78, 5) is 16.5. The molecule has 21 heavy (non-hydrogen) atoms. The number of benzene rings is 1. The number of esters is 1. The molecule has 0 N–H and O–H groups in total. The fourth-order valence-electron chi connectivity index (χ4n) is 2.16. The largest absolute Gasteiger partial charge is 0.460 e. The molecule has 0 saturated carbocycles. The zero-order valence-corrected chi connectivity index (χ0v) is 13.0. The predicted octanol–water partition coefficient (Wildman–Crippen LogP) is 4.03. The number of ether oxygens (including phenoxy) is 1. The lowest BCUT2D eigenvalue weighted by molar-refractivity contribution is 0.0489. The van der Waals surface area contributed by atoms with E-state index in [-0.39, 0.29) is 5.76 Å². The minimum absolute atomic E-state index is 0.226. The average molecular weight is 287 g/mol. The molecule has 0 fully saturated rings. The third kappa shape index (κ3) is 3.51. The average Bonchev–Trinajstić information content (AvgIpc) is 2.82. The van der Waals surface area contributed by atoms with Gasteiger partial charge in [0.05, 0.1) is 12.3 Å². The van der Waals surface area contributed by atoms with Crippen LogP contribution in [0.3, 0.4) is 0 Å². The summed E-state index contributed by atoms with van der Waals surface area (Å²) >= 11 is 0. The highest BCUT2D eigenvalue weighted by Gasteiger charge is 2.23. The van der Waals surface area contributed by atoms with Crippen molar-refractivity contribution in [1.29, 1.82) is 0 Å². The monoisotopic (exact) mass is 287 g/mol. The number of rotatable bonds is 5. The Hall–Kier alpha value is -2.10. The number of aryl methyl sites for hydroxylation is 1. The van der Waals surface area contributed by atoms with Gasteiger partial charge in [0.1, 0.15) is 0 Å². The van der Waals surface area contributed by atoms with Crippen molar-refractivity contribution in [2.45, 2.75) is 34.1 Å². The number of carbonyl (C=O) groups excluding carboxylic acids is 1. The molecule has 1 aromatic carbocycles. The number of oxazole rings is 1. The third-order valence-corrected chi connectivity index (χ3v) is 3.14. The molecular formula is C17H21NO3. The van der Waals surface area contributed by atoms with Crippen molar-refractivity contribution in [3.8, 4) is 11.5 Å². The van der Waals surface area contributed by atoms with Gasteiger partial charge >= 0.3 is 5.97 Å². The molecular weight excluding hydrogens is 266 g/mol. The van der Waals surface area contributed by atoms with Crippen LogP contribution in [-0.4, -0.2) is 17.6 Å². The smallest absolute Gasteiger partial charge is 0.376 e. The molecule has 0 atom stereocenters. The van der Waals surface area contributed by atoms with Gasteiger partial charge in [0, 0.05) is 5.56 Å². The minimum Gasteiger partial charge on any atom is -0.460 e. The van der Waals surface area contributed by atoms with E-state index in [0.717, 1.165) is 11.1 Å². The first-order valence-corrected chi connectivity index (χ1v) is 7.25. The topological polar surface area (TPSA) is 52.3 Å². The van der Waals surface area contributed by atoms with Crippen molar-refractivity contribution in [3.63, 3.8) is 0 Å². The molecule has 0 spiro atoms. The van der Waals surface area contributed by atoms with E-state index in [1.54, 1.807) is 6.92 Å². The summed E-state index contributed by atoms with van der Waals surface area (Å²) in [7, 11) is 0. The van der Waals surface area contributed by atoms with Gasteiger partial charge in [-0.05, 0) is 37.8 Å². The van der Waals surface area contributed by atoms with Crippen molar-refractivity contribution in [3.05, 3.63) is 41.3 Å². The summed E-state index contributed by atoms with van der Waals surface area (Å²) in [6.07, 6.45) is 0.684. The summed E-state index contributed by atoms with van der Waals surface area (Å²) < 4.78 is 10.8. The van der Waals surface area contributed by atoms with Crippen molar-refractivity contribution < 1.29 is 13.9 Å². The van der Waals surface area contributed by atoms with Gasteiger partial charge in [0.25, 0.3) is 0 Å². The number of hydrogen-bond acceptors (Lipinski definition) is 4. The molecule has 0 bridgehead atoms. The van der Waals surface area contributed by atoms with Crippen molar-refractivity contribution in [2.75, 3.05) is 6.61 Å². The van der Waals surface area contributed by atoms with Gasteiger partial charge in [-0.25, -0.2) is 9.78 Å². The van der Waals surface area contributed by atoms with E-state index in [2.05, 4.69) is 18.8 Å².